The number of nitrogens with zero attached hydrogens (tertiary/aromatic N) is 5. The minimum absolute atomic E-state index is 0.640. The van der Waals surface area contributed by atoms with Crippen LogP contribution in [-0.4, -0.2) is 19.1 Å². The van der Waals surface area contributed by atoms with Crippen LogP contribution in [0.3, 0.4) is 0 Å². The van der Waals surface area contributed by atoms with Crippen molar-refractivity contribution >= 4 is 54.5 Å². The van der Waals surface area contributed by atoms with Gasteiger partial charge in [-0.2, -0.15) is 5.26 Å². The molecule has 0 atom stereocenters. The van der Waals surface area contributed by atoms with E-state index in [9.17, 15) is 5.26 Å². The Kier molecular flexibility index (Phi) is 6.17. The predicted octanol–water partition coefficient (Wildman–Crippen LogP) is 11.0. The average Bonchev–Trinajstić information content (AvgIpc) is 3.70. The molecule has 0 fully saturated rings. The van der Waals surface area contributed by atoms with Gasteiger partial charge in [0.05, 0.1) is 44.9 Å². The Labute approximate surface area is 287 Å². The Morgan fingerprint density at radius 1 is 0.420 bits per heavy atom. The van der Waals surface area contributed by atoms with Crippen LogP contribution in [0, 0.1) is 11.3 Å². The first-order valence-corrected chi connectivity index (χ1v) is 16.6. The smallest absolute Gasteiger partial charge is 0.160 e. The molecule has 232 valence electrons. The Hall–Kier alpha value is -7.03. The summed E-state index contributed by atoms with van der Waals surface area (Å²) in [7, 11) is 0. The van der Waals surface area contributed by atoms with E-state index in [4.69, 9.17) is 9.97 Å². The number of fused-ring (bicyclic) bond motifs is 7. The van der Waals surface area contributed by atoms with Gasteiger partial charge in [-0.05, 0) is 72.8 Å². The van der Waals surface area contributed by atoms with E-state index in [-0.39, 0.29) is 0 Å². The van der Waals surface area contributed by atoms with Crippen LogP contribution in [0.25, 0.3) is 88.5 Å². The van der Waals surface area contributed by atoms with Crippen LogP contribution in [-0.2, 0) is 0 Å². The fraction of sp³-hybridized carbons (Fsp3) is 0. The van der Waals surface area contributed by atoms with E-state index >= 15 is 0 Å². The Morgan fingerprint density at radius 3 is 1.76 bits per heavy atom. The van der Waals surface area contributed by atoms with Crippen LogP contribution in [0.5, 0.6) is 0 Å². The second-order valence-corrected chi connectivity index (χ2v) is 12.6. The number of para-hydroxylation sites is 4. The summed E-state index contributed by atoms with van der Waals surface area (Å²) in [4.78, 5) is 10.3. The van der Waals surface area contributed by atoms with Crippen LogP contribution in [0.4, 0.5) is 0 Å². The van der Waals surface area contributed by atoms with Gasteiger partial charge in [-0.25, -0.2) is 9.97 Å². The molecule has 0 saturated carbocycles. The van der Waals surface area contributed by atoms with E-state index in [0.717, 1.165) is 77.3 Å². The summed E-state index contributed by atoms with van der Waals surface area (Å²) in [5, 5.41) is 15.3. The molecule has 10 aromatic rings. The first kappa shape index (κ1) is 28.0. The topological polar surface area (TPSA) is 59.4 Å². The third-order valence-corrected chi connectivity index (χ3v) is 9.75. The molecule has 3 heterocycles. The Balaban J connectivity index is 1.13. The van der Waals surface area contributed by atoms with Gasteiger partial charge >= 0.3 is 0 Å². The monoisotopic (exact) mass is 637 g/mol. The Bertz CT molecular complexity index is 2980. The van der Waals surface area contributed by atoms with Crippen molar-refractivity contribution < 1.29 is 0 Å². The third-order valence-electron chi connectivity index (χ3n) is 9.75. The summed E-state index contributed by atoms with van der Waals surface area (Å²) in [6.45, 7) is 0. The molecule has 0 radical (unpaired) electrons. The lowest BCUT2D eigenvalue weighted by Crippen LogP contribution is -1.97. The van der Waals surface area contributed by atoms with Crippen molar-refractivity contribution in [1.82, 2.24) is 19.1 Å². The number of hydrogen-bond acceptors (Lipinski definition) is 3. The van der Waals surface area contributed by atoms with Crippen LogP contribution >= 0.6 is 0 Å². The first-order chi connectivity index (χ1) is 24.7. The van der Waals surface area contributed by atoms with Crippen LogP contribution in [0.1, 0.15) is 5.56 Å². The van der Waals surface area contributed by atoms with E-state index in [1.807, 2.05) is 36.4 Å². The molecule has 0 aliphatic rings. The lowest BCUT2D eigenvalue weighted by molar-refractivity contribution is 1.18. The first-order valence-electron chi connectivity index (χ1n) is 16.6. The quantitative estimate of drug-likeness (QED) is 0.193. The van der Waals surface area contributed by atoms with Gasteiger partial charge in [0.1, 0.15) is 0 Å². The van der Waals surface area contributed by atoms with Gasteiger partial charge in [-0.1, -0.05) is 91.0 Å². The molecule has 0 aliphatic carbocycles. The van der Waals surface area contributed by atoms with Crippen molar-refractivity contribution in [3.63, 3.8) is 0 Å². The summed E-state index contributed by atoms with van der Waals surface area (Å²) >= 11 is 0. The van der Waals surface area contributed by atoms with Gasteiger partial charge in [0.15, 0.2) is 5.82 Å². The molecular weight excluding hydrogens is 611 g/mol. The van der Waals surface area contributed by atoms with Crippen molar-refractivity contribution in [3.05, 3.63) is 169 Å². The van der Waals surface area contributed by atoms with E-state index in [2.05, 4.69) is 143 Å². The molecule has 0 aliphatic heterocycles. The third kappa shape index (κ3) is 4.26. The van der Waals surface area contributed by atoms with Crippen molar-refractivity contribution in [3.8, 4) is 40.1 Å². The fourth-order valence-corrected chi connectivity index (χ4v) is 7.48. The number of aromatic nitrogens is 4. The number of nitriles is 1. The van der Waals surface area contributed by atoms with Crippen molar-refractivity contribution in [2.75, 3.05) is 0 Å². The van der Waals surface area contributed by atoms with Crippen molar-refractivity contribution in [2.24, 2.45) is 0 Å². The van der Waals surface area contributed by atoms with E-state index in [1.165, 1.54) is 5.39 Å². The maximum Gasteiger partial charge on any atom is 0.160 e. The second kappa shape index (κ2) is 11.0. The zero-order valence-electron chi connectivity index (χ0n) is 26.8. The van der Waals surface area contributed by atoms with Crippen LogP contribution in [0.2, 0.25) is 0 Å². The molecule has 50 heavy (non-hydrogen) atoms. The molecule has 5 heteroatoms. The molecule has 10 rings (SSSR count). The summed E-state index contributed by atoms with van der Waals surface area (Å²) < 4.78 is 4.56. The largest absolute Gasteiger partial charge is 0.309 e. The van der Waals surface area contributed by atoms with Gasteiger partial charge in [0.25, 0.3) is 0 Å². The Morgan fingerprint density at radius 2 is 1.00 bits per heavy atom. The van der Waals surface area contributed by atoms with Gasteiger partial charge in [0, 0.05) is 49.4 Å². The van der Waals surface area contributed by atoms with Gasteiger partial charge in [0.2, 0.25) is 0 Å². The molecule has 3 aromatic heterocycles. The van der Waals surface area contributed by atoms with Gasteiger partial charge in [-0.3, -0.25) is 0 Å². The average molecular weight is 638 g/mol. The SMILES string of the molecule is N#Cc1ccc2c3ccccc3n(-c3ccc(-c4nc(-c5ccc6c(c5)c5ccccc5n6-c5ccccc5)nc5ccccc45)cc3)c2c1. The number of rotatable bonds is 4. The fourth-order valence-electron chi connectivity index (χ4n) is 7.48. The normalized spacial score (nSPS) is 11.6. The molecular formula is C45H27N5. The molecule has 0 spiro atoms. The summed E-state index contributed by atoms with van der Waals surface area (Å²) in [6, 6.07) is 59.0. The summed E-state index contributed by atoms with van der Waals surface area (Å²) in [6.07, 6.45) is 0. The summed E-state index contributed by atoms with van der Waals surface area (Å²) in [5.74, 6) is 0.688. The highest BCUT2D eigenvalue weighted by Gasteiger charge is 2.17. The maximum absolute atomic E-state index is 9.66. The second-order valence-electron chi connectivity index (χ2n) is 12.6. The lowest BCUT2D eigenvalue weighted by atomic mass is 10.0. The van der Waals surface area contributed by atoms with Crippen molar-refractivity contribution in [2.45, 2.75) is 0 Å². The number of hydrogen-bond donors (Lipinski definition) is 0. The molecule has 5 nitrogen and oxygen atoms in total. The summed E-state index contributed by atoms with van der Waals surface area (Å²) in [5.41, 5.74) is 11.0. The van der Waals surface area contributed by atoms with E-state index in [1.54, 1.807) is 0 Å². The molecule has 7 aromatic carbocycles. The molecule has 0 amide bonds. The highest BCUT2D eigenvalue weighted by Crippen LogP contribution is 2.37. The molecule has 0 unspecified atom stereocenters. The van der Waals surface area contributed by atoms with Crippen molar-refractivity contribution in [1.29, 1.82) is 5.26 Å². The highest BCUT2D eigenvalue weighted by molar-refractivity contribution is 6.11. The zero-order chi connectivity index (χ0) is 33.2. The van der Waals surface area contributed by atoms with E-state index in [0.29, 0.717) is 11.4 Å². The maximum atomic E-state index is 9.66. The predicted molar refractivity (Wildman–Crippen MR) is 204 cm³/mol. The van der Waals surface area contributed by atoms with Crippen LogP contribution in [0.15, 0.2) is 164 Å². The van der Waals surface area contributed by atoms with Gasteiger partial charge < -0.3 is 9.13 Å². The molecule has 0 bridgehead atoms. The molecule has 0 saturated heterocycles. The minimum Gasteiger partial charge on any atom is -0.309 e. The minimum atomic E-state index is 0.640. The lowest BCUT2D eigenvalue weighted by Gasteiger charge is -2.12. The highest BCUT2D eigenvalue weighted by atomic mass is 15.0. The van der Waals surface area contributed by atoms with Gasteiger partial charge in [-0.15, -0.1) is 0 Å². The number of benzene rings is 7. The zero-order valence-corrected chi connectivity index (χ0v) is 26.8. The van der Waals surface area contributed by atoms with E-state index < -0.39 is 0 Å². The van der Waals surface area contributed by atoms with Crippen LogP contribution < -0.4 is 0 Å². The molecule has 0 N–H and O–H groups in total. The standard InChI is InChI=1S/C45H27N5/c46-28-29-18-24-36-34-12-5-8-16-40(34)50(43(36)26-29)33-22-19-30(20-23-33)44-37-14-4-7-15-39(37)47-45(48-44)31-21-25-42-38(27-31)35-13-6-9-17-41(35)49(42)32-10-2-1-3-11-32/h1-27H.